The molecular formula is C16H19N3O. The first kappa shape index (κ1) is 14.3. The first-order chi connectivity index (χ1) is 9.24. The molecule has 0 atom stereocenters. The Morgan fingerprint density at radius 1 is 1.20 bits per heavy atom. The highest BCUT2D eigenvalue weighted by Crippen LogP contribution is 2.27. The molecule has 0 saturated heterocycles. The average molecular weight is 269 g/mol. The Hall–Kier alpha value is -2.12. The van der Waals surface area contributed by atoms with Gasteiger partial charge < -0.3 is 10.4 Å². The molecule has 0 amide bonds. The first-order valence-electron chi connectivity index (χ1n) is 6.55. The number of aliphatic hydroxyl groups is 1. The van der Waals surface area contributed by atoms with E-state index < -0.39 is 11.1 Å². The zero-order chi connectivity index (χ0) is 15.0. The van der Waals surface area contributed by atoms with Crippen LogP contribution in [0.1, 0.15) is 33.3 Å². The lowest BCUT2D eigenvalue weighted by Gasteiger charge is -2.38. The zero-order valence-electron chi connectivity index (χ0n) is 12.2. The summed E-state index contributed by atoms with van der Waals surface area (Å²) >= 11 is 0. The third-order valence-corrected chi connectivity index (χ3v) is 3.81. The maximum atomic E-state index is 10.2. The fourth-order valence-electron chi connectivity index (χ4n) is 1.81. The lowest BCUT2D eigenvalue weighted by molar-refractivity contribution is 0.0239. The Morgan fingerprint density at radius 3 is 2.45 bits per heavy atom. The van der Waals surface area contributed by atoms with Gasteiger partial charge in [0.05, 0.1) is 28.3 Å². The highest BCUT2D eigenvalue weighted by atomic mass is 16.3. The second kappa shape index (κ2) is 4.77. The minimum absolute atomic E-state index is 0.574. The number of hydrogen-bond donors (Lipinski definition) is 2. The normalized spacial score (nSPS) is 12.2. The lowest BCUT2D eigenvalue weighted by atomic mass is 9.86. The van der Waals surface area contributed by atoms with Gasteiger partial charge in [-0.2, -0.15) is 5.26 Å². The molecule has 0 fully saturated rings. The number of fused-ring (bicyclic) bond motifs is 1. The molecule has 1 aromatic carbocycles. The van der Waals surface area contributed by atoms with Crippen LogP contribution < -0.4 is 5.32 Å². The maximum Gasteiger partial charge on any atom is 0.128 e. The topological polar surface area (TPSA) is 68.9 Å². The number of aromatic nitrogens is 1. The van der Waals surface area contributed by atoms with Crippen molar-refractivity contribution in [2.24, 2.45) is 0 Å². The van der Waals surface area contributed by atoms with Crippen LogP contribution in [-0.2, 0) is 0 Å². The molecule has 0 aliphatic heterocycles. The van der Waals surface area contributed by atoms with Crippen molar-refractivity contribution in [2.75, 3.05) is 5.32 Å². The lowest BCUT2D eigenvalue weighted by Crippen LogP contribution is -2.51. The summed E-state index contributed by atoms with van der Waals surface area (Å²) < 4.78 is 0. The Kier molecular flexibility index (Phi) is 3.41. The highest BCUT2D eigenvalue weighted by Gasteiger charge is 2.35. The standard InChI is InChI=1S/C16H19N3O/c1-15(2,16(3,4)20)19-14-9-11(10-17)12-7-5-6-8-13(12)18-14/h5-9,20H,1-4H3,(H,18,19). The number of pyridine rings is 1. The van der Waals surface area contributed by atoms with E-state index in [4.69, 9.17) is 0 Å². The molecule has 0 bridgehead atoms. The number of hydrogen-bond acceptors (Lipinski definition) is 4. The summed E-state index contributed by atoms with van der Waals surface area (Å²) in [5.41, 5.74) is -0.160. The van der Waals surface area contributed by atoms with Gasteiger partial charge in [-0.15, -0.1) is 0 Å². The van der Waals surface area contributed by atoms with Crippen LogP contribution >= 0.6 is 0 Å². The van der Waals surface area contributed by atoms with E-state index in [-0.39, 0.29) is 0 Å². The Labute approximate surface area is 119 Å². The van der Waals surface area contributed by atoms with E-state index in [0.717, 1.165) is 10.9 Å². The van der Waals surface area contributed by atoms with E-state index in [1.807, 2.05) is 38.1 Å². The van der Waals surface area contributed by atoms with Gasteiger partial charge >= 0.3 is 0 Å². The smallest absolute Gasteiger partial charge is 0.128 e. The Bertz CT molecular complexity index is 678. The van der Waals surface area contributed by atoms with Crippen LogP contribution in [0.2, 0.25) is 0 Å². The van der Waals surface area contributed by atoms with E-state index in [0.29, 0.717) is 11.4 Å². The van der Waals surface area contributed by atoms with Gasteiger partial charge in [-0.3, -0.25) is 0 Å². The minimum Gasteiger partial charge on any atom is -0.388 e. The molecule has 0 unspecified atom stereocenters. The summed E-state index contributed by atoms with van der Waals surface area (Å²) in [4.78, 5) is 4.51. The van der Waals surface area contributed by atoms with E-state index in [1.165, 1.54) is 0 Å². The molecule has 0 aliphatic rings. The molecular weight excluding hydrogens is 250 g/mol. The van der Waals surface area contributed by atoms with Gasteiger partial charge in [0.15, 0.2) is 0 Å². The summed E-state index contributed by atoms with van der Waals surface area (Å²) in [5, 5.41) is 23.5. The third-order valence-electron chi connectivity index (χ3n) is 3.81. The number of nitrogens with one attached hydrogen (secondary N) is 1. The fraction of sp³-hybridized carbons (Fsp3) is 0.375. The van der Waals surface area contributed by atoms with Crippen molar-refractivity contribution in [3.8, 4) is 6.07 Å². The van der Waals surface area contributed by atoms with Gasteiger partial charge in [0.1, 0.15) is 5.82 Å². The monoisotopic (exact) mass is 269 g/mol. The summed E-state index contributed by atoms with van der Waals surface area (Å²) in [6.07, 6.45) is 0. The molecule has 0 radical (unpaired) electrons. The predicted octanol–water partition coefficient (Wildman–Crippen LogP) is 3.07. The molecule has 4 nitrogen and oxygen atoms in total. The molecule has 104 valence electrons. The summed E-state index contributed by atoms with van der Waals surface area (Å²) in [7, 11) is 0. The quantitative estimate of drug-likeness (QED) is 0.898. The fourth-order valence-corrected chi connectivity index (χ4v) is 1.81. The SMILES string of the molecule is CC(C)(O)C(C)(C)Nc1cc(C#N)c2ccccc2n1. The molecule has 20 heavy (non-hydrogen) atoms. The van der Waals surface area contributed by atoms with E-state index >= 15 is 0 Å². The third kappa shape index (κ3) is 2.59. The van der Waals surface area contributed by atoms with Crippen molar-refractivity contribution in [3.63, 3.8) is 0 Å². The van der Waals surface area contributed by atoms with Crippen LogP contribution in [0.3, 0.4) is 0 Å². The van der Waals surface area contributed by atoms with Gasteiger partial charge in [0.2, 0.25) is 0 Å². The number of benzene rings is 1. The van der Waals surface area contributed by atoms with Crippen LogP contribution in [-0.4, -0.2) is 21.2 Å². The molecule has 4 heteroatoms. The number of anilines is 1. The molecule has 1 aromatic heterocycles. The van der Waals surface area contributed by atoms with Gasteiger partial charge in [-0.25, -0.2) is 4.98 Å². The van der Waals surface area contributed by atoms with Gasteiger partial charge in [-0.05, 0) is 39.8 Å². The second-order valence-electron chi connectivity index (χ2n) is 5.99. The number of rotatable bonds is 3. The summed E-state index contributed by atoms with van der Waals surface area (Å²) in [5.74, 6) is 0.590. The molecule has 2 rings (SSSR count). The maximum absolute atomic E-state index is 10.2. The van der Waals surface area contributed by atoms with E-state index in [1.54, 1.807) is 19.9 Å². The molecule has 2 N–H and O–H groups in total. The average Bonchev–Trinajstić information content (AvgIpc) is 2.36. The molecule has 0 saturated carbocycles. The van der Waals surface area contributed by atoms with E-state index in [2.05, 4.69) is 16.4 Å². The minimum atomic E-state index is -0.923. The van der Waals surface area contributed by atoms with Gasteiger partial charge in [0, 0.05) is 5.39 Å². The van der Waals surface area contributed by atoms with Crippen LogP contribution in [0.5, 0.6) is 0 Å². The van der Waals surface area contributed by atoms with Crippen LogP contribution in [0.15, 0.2) is 30.3 Å². The number of nitriles is 1. The van der Waals surface area contributed by atoms with Gasteiger partial charge in [0.25, 0.3) is 0 Å². The van der Waals surface area contributed by atoms with Gasteiger partial charge in [-0.1, -0.05) is 18.2 Å². The molecule has 0 aliphatic carbocycles. The van der Waals surface area contributed by atoms with E-state index in [9.17, 15) is 10.4 Å². The van der Waals surface area contributed by atoms with Crippen molar-refractivity contribution in [3.05, 3.63) is 35.9 Å². The van der Waals surface area contributed by atoms with Crippen LogP contribution in [0, 0.1) is 11.3 Å². The highest BCUT2D eigenvalue weighted by molar-refractivity contribution is 5.86. The van der Waals surface area contributed by atoms with Crippen molar-refractivity contribution in [2.45, 2.75) is 38.8 Å². The number of para-hydroxylation sites is 1. The summed E-state index contributed by atoms with van der Waals surface area (Å²) in [6, 6.07) is 11.4. The van der Waals surface area contributed by atoms with Crippen LogP contribution in [0.25, 0.3) is 10.9 Å². The largest absolute Gasteiger partial charge is 0.388 e. The predicted molar refractivity (Wildman–Crippen MR) is 80.5 cm³/mol. The Balaban J connectivity index is 2.50. The first-order valence-corrected chi connectivity index (χ1v) is 6.55. The molecule has 1 heterocycles. The number of nitrogens with zero attached hydrogens (tertiary/aromatic N) is 2. The van der Waals surface area contributed by atoms with Crippen molar-refractivity contribution in [1.82, 2.24) is 4.98 Å². The van der Waals surface area contributed by atoms with Crippen molar-refractivity contribution in [1.29, 1.82) is 5.26 Å². The summed E-state index contributed by atoms with van der Waals surface area (Å²) in [6.45, 7) is 7.28. The Morgan fingerprint density at radius 2 is 1.85 bits per heavy atom. The van der Waals surface area contributed by atoms with Crippen molar-refractivity contribution >= 4 is 16.7 Å². The molecule has 0 spiro atoms. The van der Waals surface area contributed by atoms with Crippen LogP contribution in [0.4, 0.5) is 5.82 Å². The second-order valence-corrected chi connectivity index (χ2v) is 5.99. The zero-order valence-corrected chi connectivity index (χ0v) is 12.2. The van der Waals surface area contributed by atoms with Crippen molar-refractivity contribution < 1.29 is 5.11 Å². The molecule has 2 aromatic rings.